The molecular weight excluding hydrogens is 320 g/mol. The van der Waals surface area contributed by atoms with Crippen molar-refractivity contribution in [3.8, 4) is 0 Å². The minimum Gasteiger partial charge on any atom is -0.386 e. The molecule has 126 valence electrons. The fourth-order valence-corrected chi connectivity index (χ4v) is 2.54. The van der Waals surface area contributed by atoms with E-state index in [1.54, 1.807) is 19.2 Å². The molecule has 3 rings (SSSR count). The molecule has 0 fully saturated rings. The van der Waals surface area contributed by atoms with E-state index in [0.717, 1.165) is 16.5 Å². The number of hydrogen-bond donors (Lipinski definition) is 3. The first kappa shape index (κ1) is 16.3. The maximum Gasteiger partial charge on any atom is 0.271 e. The SMILES string of the molecule is CNc1ccc([N+](=O)[O-])cc1NC(=O)/C=C/c1c[nH]c2ccccc12. The molecule has 7 nitrogen and oxygen atoms in total. The lowest BCUT2D eigenvalue weighted by molar-refractivity contribution is -0.384. The number of hydrogen-bond acceptors (Lipinski definition) is 4. The molecule has 3 N–H and O–H groups in total. The van der Waals surface area contributed by atoms with E-state index in [-0.39, 0.29) is 11.6 Å². The van der Waals surface area contributed by atoms with Crippen LogP contribution >= 0.6 is 0 Å². The van der Waals surface area contributed by atoms with E-state index in [2.05, 4.69) is 15.6 Å². The zero-order valence-corrected chi connectivity index (χ0v) is 13.4. The van der Waals surface area contributed by atoms with Crippen LogP contribution in [0.25, 0.3) is 17.0 Å². The normalized spacial score (nSPS) is 10.9. The van der Waals surface area contributed by atoms with Crippen molar-refractivity contribution < 1.29 is 9.72 Å². The Hall–Kier alpha value is -3.61. The number of fused-ring (bicyclic) bond motifs is 1. The third-order valence-electron chi connectivity index (χ3n) is 3.78. The Morgan fingerprint density at radius 3 is 2.76 bits per heavy atom. The first-order valence-electron chi connectivity index (χ1n) is 7.60. The first-order valence-corrected chi connectivity index (χ1v) is 7.60. The Morgan fingerprint density at radius 2 is 2.00 bits per heavy atom. The fraction of sp³-hybridized carbons (Fsp3) is 0.0556. The maximum atomic E-state index is 12.2. The average Bonchev–Trinajstić information content (AvgIpc) is 3.03. The van der Waals surface area contributed by atoms with Gasteiger partial charge in [-0.05, 0) is 23.8 Å². The van der Waals surface area contributed by atoms with Gasteiger partial charge in [0, 0.05) is 42.4 Å². The topological polar surface area (TPSA) is 100 Å². The van der Waals surface area contributed by atoms with Gasteiger partial charge in [0.2, 0.25) is 5.91 Å². The molecule has 0 spiro atoms. The van der Waals surface area contributed by atoms with Crippen molar-refractivity contribution in [1.29, 1.82) is 0 Å². The summed E-state index contributed by atoms with van der Waals surface area (Å²) in [4.78, 5) is 25.7. The number of H-pyrrole nitrogens is 1. The van der Waals surface area contributed by atoms with Crippen molar-refractivity contribution in [1.82, 2.24) is 4.98 Å². The van der Waals surface area contributed by atoms with Crippen LogP contribution in [-0.2, 0) is 4.79 Å². The zero-order chi connectivity index (χ0) is 17.8. The summed E-state index contributed by atoms with van der Waals surface area (Å²) >= 11 is 0. The van der Waals surface area contributed by atoms with E-state index >= 15 is 0 Å². The second kappa shape index (κ2) is 6.88. The van der Waals surface area contributed by atoms with Gasteiger partial charge >= 0.3 is 0 Å². The number of aromatic nitrogens is 1. The third-order valence-corrected chi connectivity index (χ3v) is 3.78. The van der Waals surface area contributed by atoms with Crippen LogP contribution in [-0.4, -0.2) is 22.9 Å². The molecule has 0 aliphatic rings. The van der Waals surface area contributed by atoms with Gasteiger partial charge in [-0.2, -0.15) is 0 Å². The largest absolute Gasteiger partial charge is 0.386 e. The Balaban J connectivity index is 1.80. The number of nitro groups is 1. The van der Waals surface area contributed by atoms with Crippen molar-refractivity contribution in [2.75, 3.05) is 17.7 Å². The van der Waals surface area contributed by atoms with E-state index in [0.29, 0.717) is 11.4 Å². The summed E-state index contributed by atoms with van der Waals surface area (Å²) in [5, 5.41) is 17.5. The molecule has 7 heteroatoms. The van der Waals surface area contributed by atoms with Crippen LogP contribution in [0.5, 0.6) is 0 Å². The van der Waals surface area contributed by atoms with Crippen LogP contribution in [0.15, 0.2) is 54.7 Å². The quantitative estimate of drug-likeness (QED) is 0.375. The second-order valence-electron chi connectivity index (χ2n) is 5.35. The van der Waals surface area contributed by atoms with E-state index in [4.69, 9.17) is 0 Å². The molecule has 1 amide bonds. The molecule has 0 unspecified atom stereocenters. The molecule has 25 heavy (non-hydrogen) atoms. The zero-order valence-electron chi connectivity index (χ0n) is 13.4. The lowest BCUT2D eigenvalue weighted by Gasteiger charge is -2.09. The van der Waals surface area contributed by atoms with E-state index < -0.39 is 4.92 Å². The van der Waals surface area contributed by atoms with Gasteiger partial charge in [-0.25, -0.2) is 0 Å². The smallest absolute Gasteiger partial charge is 0.271 e. The highest BCUT2D eigenvalue weighted by Crippen LogP contribution is 2.26. The summed E-state index contributed by atoms with van der Waals surface area (Å²) in [6, 6.07) is 12.0. The van der Waals surface area contributed by atoms with Crippen molar-refractivity contribution >= 4 is 39.9 Å². The number of amides is 1. The summed E-state index contributed by atoms with van der Waals surface area (Å²) in [5.74, 6) is -0.373. The third kappa shape index (κ3) is 3.50. The van der Waals surface area contributed by atoms with Crippen molar-refractivity contribution in [3.63, 3.8) is 0 Å². The van der Waals surface area contributed by atoms with Gasteiger partial charge in [0.1, 0.15) is 0 Å². The molecule has 1 aromatic heterocycles. The van der Waals surface area contributed by atoms with Crippen LogP contribution in [0, 0.1) is 10.1 Å². The van der Waals surface area contributed by atoms with Crippen LogP contribution < -0.4 is 10.6 Å². The van der Waals surface area contributed by atoms with Gasteiger partial charge in [0.15, 0.2) is 0 Å². The molecule has 0 aliphatic heterocycles. The molecule has 3 aromatic rings. The molecule has 2 aromatic carbocycles. The van der Waals surface area contributed by atoms with Gasteiger partial charge in [-0.1, -0.05) is 18.2 Å². The van der Waals surface area contributed by atoms with Crippen LogP contribution in [0.3, 0.4) is 0 Å². The number of carbonyl (C=O) groups excluding carboxylic acids is 1. The predicted molar refractivity (Wildman–Crippen MR) is 98.6 cm³/mol. The highest BCUT2D eigenvalue weighted by atomic mass is 16.6. The highest BCUT2D eigenvalue weighted by Gasteiger charge is 2.11. The Morgan fingerprint density at radius 1 is 1.20 bits per heavy atom. The number of nitro benzene ring substituents is 1. The minimum atomic E-state index is -0.503. The van der Waals surface area contributed by atoms with Gasteiger partial charge < -0.3 is 15.6 Å². The van der Waals surface area contributed by atoms with Crippen molar-refractivity contribution in [2.45, 2.75) is 0 Å². The van der Waals surface area contributed by atoms with Crippen molar-refractivity contribution in [3.05, 3.63) is 70.4 Å². The number of aromatic amines is 1. The number of non-ortho nitro benzene ring substituents is 1. The Kier molecular flexibility index (Phi) is 4.47. The van der Waals surface area contributed by atoms with Gasteiger partial charge in [-0.15, -0.1) is 0 Å². The highest BCUT2D eigenvalue weighted by molar-refractivity contribution is 6.05. The molecule has 0 aliphatic carbocycles. The first-order chi connectivity index (χ1) is 12.1. The predicted octanol–water partition coefficient (Wildman–Crippen LogP) is 3.77. The van der Waals surface area contributed by atoms with Crippen molar-refractivity contribution in [2.24, 2.45) is 0 Å². The number of anilines is 2. The molecule has 0 saturated heterocycles. The summed E-state index contributed by atoms with van der Waals surface area (Å²) < 4.78 is 0. The van der Waals surface area contributed by atoms with E-state index in [9.17, 15) is 14.9 Å². The molecule has 0 atom stereocenters. The monoisotopic (exact) mass is 336 g/mol. The Labute approximate surface area is 143 Å². The number of nitrogens with zero attached hydrogens (tertiary/aromatic N) is 1. The molecular formula is C18H16N4O3. The molecule has 0 radical (unpaired) electrons. The maximum absolute atomic E-state index is 12.2. The summed E-state index contributed by atoms with van der Waals surface area (Å²) in [5.41, 5.74) is 2.73. The molecule has 0 saturated carbocycles. The lowest BCUT2D eigenvalue weighted by Crippen LogP contribution is -2.10. The van der Waals surface area contributed by atoms with E-state index in [1.807, 2.05) is 30.5 Å². The summed E-state index contributed by atoms with van der Waals surface area (Å²) in [6.07, 6.45) is 4.92. The van der Waals surface area contributed by atoms with Crippen LogP contribution in [0.2, 0.25) is 0 Å². The van der Waals surface area contributed by atoms with Gasteiger partial charge in [0.05, 0.1) is 16.3 Å². The van der Waals surface area contributed by atoms with Crippen LogP contribution in [0.1, 0.15) is 5.56 Å². The van der Waals surface area contributed by atoms with Gasteiger partial charge in [0.25, 0.3) is 5.69 Å². The second-order valence-corrected chi connectivity index (χ2v) is 5.35. The number of para-hydroxylation sites is 1. The average molecular weight is 336 g/mol. The molecule has 1 heterocycles. The Bertz CT molecular complexity index is 975. The molecule has 0 bridgehead atoms. The number of nitrogens with one attached hydrogen (secondary N) is 3. The number of rotatable bonds is 5. The van der Waals surface area contributed by atoms with Gasteiger partial charge in [-0.3, -0.25) is 14.9 Å². The minimum absolute atomic E-state index is 0.0880. The van der Waals surface area contributed by atoms with E-state index in [1.165, 1.54) is 18.2 Å². The summed E-state index contributed by atoms with van der Waals surface area (Å²) in [6.45, 7) is 0. The number of carbonyl (C=O) groups is 1. The van der Waals surface area contributed by atoms with Crippen LogP contribution in [0.4, 0.5) is 17.1 Å². The summed E-state index contributed by atoms with van der Waals surface area (Å²) in [7, 11) is 1.68. The fourth-order valence-electron chi connectivity index (χ4n) is 2.54. The number of benzene rings is 2. The lowest BCUT2D eigenvalue weighted by atomic mass is 10.1. The standard InChI is InChI=1S/C18H16N4O3/c1-19-16-8-7-13(22(24)25)10-17(16)21-18(23)9-6-12-11-20-15-5-3-2-4-14(12)15/h2-11,19-20H,1H3,(H,21,23)/b9-6+.